The van der Waals surface area contributed by atoms with Gasteiger partial charge in [-0.15, -0.1) is 0 Å². The van der Waals surface area contributed by atoms with Crippen LogP contribution in [0.5, 0.6) is 0 Å². The maximum absolute atomic E-state index is 5.38. The van der Waals surface area contributed by atoms with Crippen LogP contribution in [0.2, 0.25) is 0 Å². The summed E-state index contributed by atoms with van der Waals surface area (Å²) in [6.07, 6.45) is 0. The van der Waals surface area contributed by atoms with Crippen LogP contribution < -0.4 is 0 Å². The molecule has 0 spiro atoms. The van der Waals surface area contributed by atoms with Crippen LogP contribution in [0.25, 0.3) is 0 Å². The van der Waals surface area contributed by atoms with Gasteiger partial charge >= 0.3 is 0 Å². The highest BCUT2D eigenvalue weighted by Gasteiger charge is 2.21. The third-order valence-corrected chi connectivity index (χ3v) is 1.86. The minimum atomic E-state index is -0.0122. The van der Waals surface area contributed by atoms with Crippen LogP contribution in [0.1, 0.15) is 27.7 Å². The van der Waals surface area contributed by atoms with E-state index in [1.54, 1.807) is 0 Å². The van der Waals surface area contributed by atoms with Crippen molar-refractivity contribution < 1.29 is 4.74 Å². The van der Waals surface area contributed by atoms with Crippen LogP contribution in [0, 0.1) is 12.8 Å². The predicted molar refractivity (Wildman–Crippen MR) is 40.2 cm³/mol. The van der Waals surface area contributed by atoms with Crippen LogP contribution >= 0.6 is 0 Å². The lowest BCUT2D eigenvalue weighted by atomic mass is 9.95. The molecule has 0 saturated heterocycles. The Morgan fingerprint density at radius 2 is 1.89 bits per heavy atom. The molecule has 0 atom stereocenters. The third kappa shape index (κ3) is 2.85. The second-order valence-corrected chi connectivity index (χ2v) is 3.11. The van der Waals surface area contributed by atoms with Gasteiger partial charge in [0.1, 0.15) is 0 Å². The van der Waals surface area contributed by atoms with Crippen LogP contribution in [-0.2, 0) is 4.74 Å². The molecule has 0 bridgehead atoms. The van der Waals surface area contributed by atoms with Gasteiger partial charge in [-0.3, -0.25) is 0 Å². The van der Waals surface area contributed by atoms with E-state index in [2.05, 4.69) is 34.6 Å². The molecule has 1 radical (unpaired) electrons. The van der Waals surface area contributed by atoms with E-state index in [4.69, 9.17) is 4.74 Å². The zero-order valence-corrected chi connectivity index (χ0v) is 6.90. The van der Waals surface area contributed by atoms with Gasteiger partial charge in [-0.25, -0.2) is 0 Å². The van der Waals surface area contributed by atoms with Gasteiger partial charge in [0, 0.05) is 6.61 Å². The van der Waals surface area contributed by atoms with Gasteiger partial charge in [0.05, 0.1) is 5.60 Å². The Labute approximate surface area is 58.4 Å². The van der Waals surface area contributed by atoms with Crippen molar-refractivity contribution >= 4 is 0 Å². The molecule has 0 rings (SSSR count). The smallest absolute Gasteiger partial charge is 0.0649 e. The highest BCUT2D eigenvalue weighted by Crippen LogP contribution is 2.19. The molecule has 0 aromatic rings. The molecule has 1 heteroatoms. The lowest BCUT2D eigenvalue weighted by molar-refractivity contribution is -0.0367. The van der Waals surface area contributed by atoms with Crippen LogP contribution in [-0.4, -0.2) is 12.2 Å². The Hall–Kier alpha value is -0.0400. The van der Waals surface area contributed by atoms with Gasteiger partial charge in [0.2, 0.25) is 0 Å². The summed E-state index contributed by atoms with van der Waals surface area (Å²) in [7, 11) is 0. The van der Waals surface area contributed by atoms with E-state index >= 15 is 0 Å². The first-order chi connectivity index (χ1) is 4.00. The molecule has 0 amide bonds. The molecule has 0 aromatic heterocycles. The van der Waals surface area contributed by atoms with Crippen molar-refractivity contribution in [1.29, 1.82) is 0 Å². The molecule has 0 aliphatic rings. The molecule has 0 fully saturated rings. The van der Waals surface area contributed by atoms with Crippen molar-refractivity contribution in [1.82, 2.24) is 0 Å². The average molecular weight is 129 g/mol. The van der Waals surface area contributed by atoms with E-state index in [0.29, 0.717) is 12.5 Å². The van der Waals surface area contributed by atoms with Crippen LogP contribution in [0.3, 0.4) is 0 Å². The fourth-order valence-electron chi connectivity index (χ4n) is 0.430. The lowest BCUT2D eigenvalue weighted by Crippen LogP contribution is -2.30. The van der Waals surface area contributed by atoms with Crippen LogP contribution in [0.4, 0.5) is 0 Å². The summed E-state index contributed by atoms with van der Waals surface area (Å²) in [5.41, 5.74) is -0.0122. The molecule has 0 saturated carbocycles. The molecule has 0 unspecified atom stereocenters. The third-order valence-electron chi connectivity index (χ3n) is 1.86. The van der Waals surface area contributed by atoms with E-state index in [9.17, 15) is 0 Å². The van der Waals surface area contributed by atoms with Gasteiger partial charge in [-0.05, 0) is 26.7 Å². The van der Waals surface area contributed by atoms with Crippen LogP contribution in [0.15, 0.2) is 0 Å². The molecule has 0 aromatic carbocycles. The average Bonchev–Trinajstić information content (AvgIpc) is 1.65. The molecule has 0 heterocycles. The zero-order chi connectivity index (χ0) is 7.49. The van der Waals surface area contributed by atoms with Crippen molar-refractivity contribution in [2.75, 3.05) is 6.61 Å². The Bertz CT molecular complexity index is 74.6. The van der Waals surface area contributed by atoms with E-state index in [-0.39, 0.29) is 5.60 Å². The monoisotopic (exact) mass is 129 g/mol. The number of hydrogen-bond donors (Lipinski definition) is 0. The highest BCUT2D eigenvalue weighted by atomic mass is 16.5. The summed E-state index contributed by atoms with van der Waals surface area (Å²) in [5.74, 6) is 0.555. The summed E-state index contributed by atoms with van der Waals surface area (Å²) in [6.45, 7) is 12.7. The van der Waals surface area contributed by atoms with Crippen molar-refractivity contribution in [3.8, 4) is 0 Å². The Balaban J connectivity index is 3.70. The standard InChI is InChI=1S/C8H17O/c1-6-9-8(4,5)7(2)3/h7H,1,6H2,2-5H3. The summed E-state index contributed by atoms with van der Waals surface area (Å²) < 4.78 is 5.38. The second-order valence-electron chi connectivity index (χ2n) is 3.11. The zero-order valence-electron chi connectivity index (χ0n) is 6.90. The van der Waals surface area contributed by atoms with Crippen molar-refractivity contribution in [2.45, 2.75) is 33.3 Å². The quantitative estimate of drug-likeness (QED) is 0.568. The van der Waals surface area contributed by atoms with Gasteiger partial charge < -0.3 is 4.74 Å². The second kappa shape index (κ2) is 3.21. The molecule has 1 nitrogen and oxygen atoms in total. The highest BCUT2D eigenvalue weighted by molar-refractivity contribution is 4.72. The molecule has 9 heavy (non-hydrogen) atoms. The van der Waals surface area contributed by atoms with Gasteiger partial charge in [0.25, 0.3) is 0 Å². The van der Waals surface area contributed by atoms with E-state index in [1.165, 1.54) is 0 Å². The number of hydrogen-bond acceptors (Lipinski definition) is 1. The summed E-state index contributed by atoms with van der Waals surface area (Å²) >= 11 is 0. The van der Waals surface area contributed by atoms with E-state index in [0.717, 1.165) is 0 Å². The van der Waals surface area contributed by atoms with E-state index in [1.807, 2.05) is 0 Å². The molecule has 0 N–H and O–H groups in total. The first-order valence-corrected chi connectivity index (χ1v) is 3.44. The van der Waals surface area contributed by atoms with Gasteiger partial charge in [-0.1, -0.05) is 13.8 Å². The minimum Gasteiger partial charge on any atom is -0.375 e. The fraction of sp³-hybridized carbons (Fsp3) is 0.875. The van der Waals surface area contributed by atoms with Gasteiger partial charge in [0.15, 0.2) is 0 Å². The molecular weight excluding hydrogens is 112 g/mol. The van der Waals surface area contributed by atoms with Crippen molar-refractivity contribution in [3.63, 3.8) is 0 Å². The van der Waals surface area contributed by atoms with Crippen molar-refractivity contribution in [3.05, 3.63) is 6.92 Å². The predicted octanol–water partition coefficient (Wildman–Crippen LogP) is 2.27. The normalized spacial score (nSPS) is 12.7. The summed E-state index contributed by atoms with van der Waals surface area (Å²) in [5, 5.41) is 0. The molecule has 0 aliphatic heterocycles. The lowest BCUT2D eigenvalue weighted by Gasteiger charge is -2.28. The SMILES string of the molecule is [CH2]COC(C)(C)C(C)C. The first-order valence-electron chi connectivity index (χ1n) is 3.44. The Morgan fingerprint density at radius 3 is 2.00 bits per heavy atom. The molecule has 0 aliphatic carbocycles. The summed E-state index contributed by atoms with van der Waals surface area (Å²) in [4.78, 5) is 0. The first kappa shape index (κ1) is 8.96. The van der Waals surface area contributed by atoms with E-state index < -0.39 is 0 Å². The maximum Gasteiger partial charge on any atom is 0.0649 e. The number of ether oxygens (including phenoxy) is 1. The van der Waals surface area contributed by atoms with Crippen molar-refractivity contribution in [2.24, 2.45) is 5.92 Å². The summed E-state index contributed by atoms with van der Waals surface area (Å²) in [6, 6.07) is 0. The van der Waals surface area contributed by atoms with Gasteiger partial charge in [-0.2, -0.15) is 0 Å². The Kier molecular flexibility index (Phi) is 3.20. The molecule has 55 valence electrons. The Morgan fingerprint density at radius 1 is 1.44 bits per heavy atom. The fourth-order valence-corrected chi connectivity index (χ4v) is 0.430. The maximum atomic E-state index is 5.38. The number of rotatable bonds is 3. The molecular formula is C8H17O. The topological polar surface area (TPSA) is 9.23 Å². The minimum absolute atomic E-state index is 0.0122. The largest absolute Gasteiger partial charge is 0.375 e.